The van der Waals surface area contributed by atoms with Gasteiger partial charge in [0.15, 0.2) is 0 Å². The number of halogens is 1. The molecule has 0 radical (unpaired) electrons. The van der Waals surface area contributed by atoms with Gasteiger partial charge in [0.05, 0.1) is 10.7 Å². The minimum Gasteiger partial charge on any atom is -0.271 e. The van der Waals surface area contributed by atoms with Gasteiger partial charge in [0.1, 0.15) is 0 Å². The monoisotopic (exact) mass is 233 g/mol. The summed E-state index contributed by atoms with van der Waals surface area (Å²) in [6, 6.07) is 0.287. The second-order valence-electron chi connectivity index (χ2n) is 3.26. The van der Waals surface area contributed by atoms with E-state index in [1.165, 1.54) is 0 Å². The summed E-state index contributed by atoms with van der Waals surface area (Å²) in [6.45, 7) is 2.01. The Hall–Kier alpha value is -0.160. The van der Waals surface area contributed by atoms with Gasteiger partial charge in [-0.05, 0) is 19.8 Å². The number of rotatable bonds is 6. The van der Waals surface area contributed by atoms with E-state index in [1.54, 1.807) is 11.3 Å². The average Bonchev–Trinajstić information content (AvgIpc) is 2.58. The number of aromatic nitrogens is 1. The molecule has 3 nitrogen and oxygen atoms in total. The Morgan fingerprint density at radius 2 is 2.50 bits per heavy atom. The summed E-state index contributed by atoms with van der Waals surface area (Å²) in [5.41, 5.74) is 3.92. The zero-order chi connectivity index (χ0) is 10.4. The lowest BCUT2D eigenvalue weighted by molar-refractivity contribution is 0.483. The van der Waals surface area contributed by atoms with Crippen molar-refractivity contribution in [3.05, 3.63) is 16.1 Å². The first-order valence-corrected chi connectivity index (χ1v) is 6.10. The number of hydrogen-bond acceptors (Lipinski definition) is 4. The van der Waals surface area contributed by atoms with Crippen molar-refractivity contribution < 1.29 is 0 Å². The molecule has 3 N–H and O–H groups in total. The van der Waals surface area contributed by atoms with Gasteiger partial charge in [-0.25, -0.2) is 4.98 Å². The van der Waals surface area contributed by atoms with E-state index in [-0.39, 0.29) is 6.04 Å². The van der Waals surface area contributed by atoms with Crippen molar-refractivity contribution in [1.82, 2.24) is 10.4 Å². The molecular formula is C9H16ClN3S. The third kappa shape index (κ3) is 3.92. The van der Waals surface area contributed by atoms with Crippen LogP contribution >= 0.6 is 22.9 Å². The van der Waals surface area contributed by atoms with Crippen LogP contribution in [0.15, 0.2) is 5.38 Å². The van der Waals surface area contributed by atoms with Gasteiger partial charge in [-0.15, -0.1) is 22.9 Å². The molecular weight excluding hydrogens is 218 g/mol. The van der Waals surface area contributed by atoms with Crippen LogP contribution in [0.3, 0.4) is 0 Å². The molecule has 0 fully saturated rings. The Morgan fingerprint density at radius 3 is 3.00 bits per heavy atom. The standard InChI is InChI=1S/C9H16ClN3S/c1-7-12-9(6-14-7)5-8(13-11)3-2-4-10/h6,8,13H,2-5,11H2,1H3. The Bertz CT molecular complexity index is 264. The van der Waals surface area contributed by atoms with E-state index in [2.05, 4.69) is 15.8 Å². The van der Waals surface area contributed by atoms with E-state index in [0.29, 0.717) is 5.88 Å². The molecule has 0 aliphatic carbocycles. The number of hydrazine groups is 1. The first kappa shape index (κ1) is 11.9. The summed E-state index contributed by atoms with van der Waals surface area (Å²) in [5.74, 6) is 6.14. The first-order valence-electron chi connectivity index (χ1n) is 4.69. The lowest BCUT2D eigenvalue weighted by Gasteiger charge is -2.13. The van der Waals surface area contributed by atoms with Gasteiger partial charge in [0.2, 0.25) is 0 Å². The highest BCUT2D eigenvalue weighted by atomic mass is 35.5. The van der Waals surface area contributed by atoms with Gasteiger partial charge in [0.25, 0.3) is 0 Å². The van der Waals surface area contributed by atoms with Crippen molar-refractivity contribution >= 4 is 22.9 Å². The molecule has 1 aromatic rings. The molecule has 14 heavy (non-hydrogen) atoms. The number of nitrogens with two attached hydrogens (primary N) is 1. The quantitative estimate of drug-likeness (QED) is 0.448. The van der Waals surface area contributed by atoms with Crippen LogP contribution in [0.25, 0.3) is 0 Å². The maximum atomic E-state index is 5.63. The minimum absolute atomic E-state index is 0.287. The third-order valence-electron chi connectivity index (χ3n) is 2.04. The van der Waals surface area contributed by atoms with Crippen LogP contribution in [-0.2, 0) is 6.42 Å². The van der Waals surface area contributed by atoms with Gasteiger partial charge in [-0.3, -0.25) is 11.3 Å². The number of nitrogens with one attached hydrogen (secondary N) is 1. The maximum absolute atomic E-state index is 5.63. The molecule has 1 atom stereocenters. The number of nitrogens with zero attached hydrogens (tertiary/aromatic N) is 1. The van der Waals surface area contributed by atoms with E-state index in [0.717, 1.165) is 30.0 Å². The molecule has 0 aliphatic heterocycles. The zero-order valence-electron chi connectivity index (χ0n) is 8.29. The fourth-order valence-electron chi connectivity index (χ4n) is 1.32. The van der Waals surface area contributed by atoms with E-state index in [9.17, 15) is 0 Å². The van der Waals surface area contributed by atoms with E-state index in [4.69, 9.17) is 17.4 Å². The van der Waals surface area contributed by atoms with Crippen molar-refractivity contribution in [2.45, 2.75) is 32.2 Å². The smallest absolute Gasteiger partial charge is 0.0897 e. The van der Waals surface area contributed by atoms with Gasteiger partial charge in [0, 0.05) is 23.7 Å². The maximum Gasteiger partial charge on any atom is 0.0897 e. The Morgan fingerprint density at radius 1 is 1.71 bits per heavy atom. The lowest BCUT2D eigenvalue weighted by atomic mass is 10.1. The summed E-state index contributed by atoms with van der Waals surface area (Å²) in [4.78, 5) is 4.40. The van der Waals surface area contributed by atoms with Crippen LogP contribution < -0.4 is 11.3 Å². The summed E-state index contributed by atoms with van der Waals surface area (Å²) in [6.07, 6.45) is 2.87. The molecule has 1 aromatic heterocycles. The highest BCUT2D eigenvalue weighted by Gasteiger charge is 2.09. The lowest BCUT2D eigenvalue weighted by Crippen LogP contribution is -2.36. The second-order valence-corrected chi connectivity index (χ2v) is 4.70. The molecule has 0 saturated heterocycles. The Kier molecular flexibility index (Phi) is 5.40. The topological polar surface area (TPSA) is 50.9 Å². The molecule has 1 heterocycles. The largest absolute Gasteiger partial charge is 0.271 e. The fraction of sp³-hybridized carbons (Fsp3) is 0.667. The predicted molar refractivity (Wildman–Crippen MR) is 61.6 cm³/mol. The molecule has 1 unspecified atom stereocenters. The summed E-state index contributed by atoms with van der Waals surface area (Å²) >= 11 is 7.30. The van der Waals surface area contributed by atoms with Crippen LogP contribution in [0.5, 0.6) is 0 Å². The third-order valence-corrected chi connectivity index (χ3v) is 3.13. The van der Waals surface area contributed by atoms with E-state index >= 15 is 0 Å². The molecule has 0 aromatic carbocycles. The summed E-state index contributed by atoms with van der Waals surface area (Å²) in [7, 11) is 0. The van der Waals surface area contributed by atoms with Gasteiger partial charge >= 0.3 is 0 Å². The SMILES string of the molecule is Cc1nc(CC(CCCCl)NN)cs1. The zero-order valence-corrected chi connectivity index (χ0v) is 9.87. The highest BCUT2D eigenvalue weighted by Crippen LogP contribution is 2.11. The van der Waals surface area contributed by atoms with Crippen LogP contribution in [0.1, 0.15) is 23.5 Å². The average molecular weight is 234 g/mol. The molecule has 0 saturated carbocycles. The van der Waals surface area contributed by atoms with Crippen LogP contribution in [-0.4, -0.2) is 16.9 Å². The molecule has 0 bridgehead atoms. The summed E-state index contributed by atoms with van der Waals surface area (Å²) in [5, 5.41) is 3.19. The summed E-state index contributed by atoms with van der Waals surface area (Å²) < 4.78 is 0. The minimum atomic E-state index is 0.287. The van der Waals surface area contributed by atoms with Gasteiger partial charge < -0.3 is 0 Å². The van der Waals surface area contributed by atoms with Crippen molar-refractivity contribution in [2.24, 2.45) is 5.84 Å². The normalized spacial score (nSPS) is 13.1. The molecule has 0 amide bonds. The Labute approximate surface area is 93.6 Å². The molecule has 1 rings (SSSR count). The van der Waals surface area contributed by atoms with Crippen molar-refractivity contribution in [3.63, 3.8) is 0 Å². The first-order chi connectivity index (χ1) is 6.76. The van der Waals surface area contributed by atoms with E-state index < -0.39 is 0 Å². The highest BCUT2D eigenvalue weighted by molar-refractivity contribution is 7.09. The fourth-order valence-corrected chi connectivity index (χ4v) is 2.10. The number of aryl methyl sites for hydroxylation is 1. The van der Waals surface area contributed by atoms with Crippen molar-refractivity contribution in [3.8, 4) is 0 Å². The molecule has 0 aliphatic rings. The van der Waals surface area contributed by atoms with Gasteiger partial charge in [-0.1, -0.05) is 0 Å². The Balaban J connectivity index is 2.40. The van der Waals surface area contributed by atoms with Crippen molar-refractivity contribution in [2.75, 3.05) is 5.88 Å². The van der Waals surface area contributed by atoms with Crippen LogP contribution in [0.4, 0.5) is 0 Å². The number of alkyl halides is 1. The van der Waals surface area contributed by atoms with Gasteiger partial charge in [-0.2, -0.15) is 0 Å². The van der Waals surface area contributed by atoms with Crippen LogP contribution in [0.2, 0.25) is 0 Å². The number of hydrogen-bond donors (Lipinski definition) is 2. The molecule has 0 spiro atoms. The number of thiazole rings is 1. The van der Waals surface area contributed by atoms with Crippen LogP contribution in [0, 0.1) is 6.92 Å². The van der Waals surface area contributed by atoms with Crippen molar-refractivity contribution in [1.29, 1.82) is 0 Å². The van der Waals surface area contributed by atoms with E-state index in [1.807, 2.05) is 6.92 Å². The predicted octanol–water partition coefficient (Wildman–Crippen LogP) is 1.84. The second kappa shape index (κ2) is 6.35. The molecule has 80 valence electrons. The molecule has 5 heteroatoms.